The van der Waals surface area contributed by atoms with E-state index in [-0.39, 0.29) is 24.0 Å². The zero-order valence-corrected chi connectivity index (χ0v) is 18.1. The first-order valence-electron chi connectivity index (χ1n) is 8.52. The molecule has 1 fully saturated rings. The van der Waals surface area contributed by atoms with Gasteiger partial charge in [-0.15, -0.1) is 35.3 Å². The summed E-state index contributed by atoms with van der Waals surface area (Å²) in [4.78, 5) is 8.18. The number of hydrogen-bond donors (Lipinski definition) is 2. The highest BCUT2D eigenvalue weighted by Gasteiger charge is 2.21. The summed E-state index contributed by atoms with van der Waals surface area (Å²) in [6, 6.07) is 4.27. The van der Waals surface area contributed by atoms with E-state index in [0.717, 1.165) is 51.5 Å². The zero-order chi connectivity index (χ0) is 16.5. The van der Waals surface area contributed by atoms with Crippen LogP contribution < -0.4 is 10.6 Å². The van der Waals surface area contributed by atoms with Gasteiger partial charge in [0.15, 0.2) is 5.96 Å². The van der Waals surface area contributed by atoms with E-state index in [9.17, 15) is 0 Å². The summed E-state index contributed by atoms with van der Waals surface area (Å²) >= 11 is 1.80. The quantitative estimate of drug-likeness (QED) is 0.281. The molecular weight excluding hydrogens is 435 g/mol. The van der Waals surface area contributed by atoms with Crippen molar-refractivity contribution >= 4 is 41.3 Å². The number of guanidine groups is 1. The molecule has 2 N–H and O–H groups in total. The first-order chi connectivity index (χ1) is 11.2. The molecule has 1 aliphatic heterocycles. The van der Waals surface area contributed by atoms with E-state index >= 15 is 0 Å². The van der Waals surface area contributed by atoms with Gasteiger partial charge >= 0.3 is 0 Å². The summed E-state index contributed by atoms with van der Waals surface area (Å²) in [7, 11) is 1.83. The van der Waals surface area contributed by atoms with Gasteiger partial charge < -0.3 is 15.4 Å². The van der Waals surface area contributed by atoms with Gasteiger partial charge in [0, 0.05) is 44.6 Å². The van der Waals surface area contributed by atoms with Crippen molar-refractivity contribution in [1.82, 2.24) is 15.5 Å². The van der Waals surface area contributed by atoms with E-state index < -0.39 is 0 Å². The van der Waals surface area contributed by atoms with Crippen LogP contribution in [0.25, 0.3) is 0 Å². The van der Waals surface area contributed by atoms with E-state index in [4.69, 9.17) is 4.74 Å². The summed E-state index contributed by atoms with van der Waals surface area (Å²) in [6.07, 6.45) is 2.85. The van der Waals surface area contributed by atoms with Crippen LogP contribution in [0.4, 0.5) is 0 Å². The van der Waals surface area contributed by atoms with Crippen molar-refractivity contribution in [2.75, 3.05) is 39.8 Å². The smallest absolute Gasteiger partial charge is 0.190 e. The molecule has 138 valence electrons. The average molecular weight is 466 g/mol. The third-order valence-electron chi connectivity index (χ3n) is 3.91. The molecule has 0 spiro atoms. The van der Waals surface area contributed by atoms with E-state index in [1.807, 2.05) is 7.05 Å². The first kappa shape index (κ1) is 21.7. The number of rotatable bonds is 7. The topological polar surface area (TPSA) is 48.9 Å². The predicted molar refractivity (Wildman–Crippen MR) is 114 cm³/mol. The fourth-order valence-corrected chi connectivity index (χ4v) is 3.66. The number of nitrogens with one attached hydrogen (secondary N) is 2. The van der Waals surface area contributed by atoms with Gasteiger partial charge in [-0.3, -0.25) is 9.89 Å². The lowest BCUT2D eigenvalue weighted by molar-refractivity contribution is -0.0679. The van der Waals surface area contributed by atoms with Gasteiger partial charge in [-0.25, -0.2) is 0 Å². The molecule has 7 heteroatoms. The second-order valence-corrected chi connectivity index (χ2v) is 7.16. The molecule has 2 atom stereocenters. The van der Waals surface area contributed by atoms with Crippen LogP contribution in [0.3, 0.4) is 0 Å². The first-order valence-corrected chi connectivity index (χ1v) is 9.40. The van der Waals surface area contributed by atoms with Crippen LogP contribution in [0, 0.1) is 0 Å². The molecule has 1 aromatic rings. The van der Waals surface area contributed by atoms with Crippen LogP contribution >= 0.6 is 35.3 Å². The second kappa shape index (κ2) is 12.1. The molecule has 0 aliphatic carbocycles. The van der Waals surface area contributed by atoms with Gasteiger partial charge in [0.25, 0.3) is 0 Å². The number of halogens is 1. The molecule has 2 heterocycles. The number of thiophene rings is 1. The molecular formula is C17H31IN4OS. The lowest BCUT2D eigenvalue weighted by atomic mass is 10.2. The molecule has 0 aromatic carbocycles. The highest BCUT2D eigenvalue weighted by atomic mass is 127. The minimum absolute atomic E-state index is 0. The highest BCUT2D eigenvalue weighted by Crippen LogP contribution is 2.10. The standard InChI is InChI=1S/C17H30N4OS.HI/c1-14-12-21(13-15(2)22-14)10-5-8-19-17(18-3)20-9-7-16-6-4-11-23-16;/h4,6,11,14-15H,5,7-10,12-13H2,1-3H3,(H2,18,19,20);1H. The van der Waals surface area contributed by atoms with Crippen molar-refractivity contribution in [3.8, 4) is 0 Å². The Morgan fingerprint density at radius 3 is 2.62 bits per heavy atom. The maximum Gasteiger partial charge on any atom is 0.190 e. The van der Waals surface area contributed by atoms with Crippen molar-refractivity contribution in [1.29, 1.82) is 0 Å². The van der Waals surface area contributed by atoms with Gasteiger partial charge in [0.1, 0.15) is 0 Å². The molecule has 0 bridgehead atoms. The van der Waals surface area contributed by atoms with Gasteiger partial charge in [0.2, 0.25) is 0 Å². The highest BCUT2D eigenvalue weighted by molar-refractivity contribution is 14.0. The van der Waals surface area contributed by atoms with Gasteiger partial charge in [-0.05, 0) is 38.1 Å². The number of morpholine rings is 1. The van der Waals surface area contributed by atoms with Crippen molar-refractivity contribution < 1.29 is 4.74 Å². The Morgan fingerprint density at radius 1 is 1.29 bits per heavy atom. The van der Waals surface area contributed by atoms with Crippen LogP contribution in [0.5, 0.6) is 0 Å². The average Bonchev–Trinajstić information content (AvgIpc) is 3.02. The van der Waals surface area contributed by atoms with Gasteiger partial charge in [0.05, 0.1) is 12.2 Å². The number of ether oxygens (including phenoxy) is 1. The summed E-state index contributed by atoms with van der Waals surface area (Å²) in [5.74, 6) is 0.894. The number of nitrogens with zero attached hydrogens (tertiary/aromatic N) is 2. The molecule has 2 rings (SSSR count). The van der Waals surface area contributed by atoms with Crippen molar-refractivity contribution in [2.24, 2.45) is 4.99 Å². The van der Waals surface area contributed by atoms with E-state index in [1.165, 1.54) is 4.88 Å². The maximum atomic E-state index is 5.77. The Kier molecular flexibility index (Phi) is 10.9. The molecule has 0 saturated carbocycles. The Balaban J connectivity index is 0.00000288. The molecule has 0 amide bonds. The SMILES string of the molecule is CN=C(NCCCN1CC(C)OC(C)C1)NCCc1cccs1.I. The van der Waals surface area contributed by atoms with Crippen LogP contribution in [-0.4, -0.2) is 62.8 Å². The predicted octanol–water partition coefficient (Wildman–Crippen LogP) is 2.57. The van der Waals surface area contributed by atoms with Crippen molar-refractivity contribution in [2.45, 2.75) is 38.9 Å². The van der Waals surface area contributed by atoms with Crippen molar-refractivity contribution in [3.63, 3.8) is 0 Å². The summed E-state index contributed by atoms with van der Waals surface area (Å²) in [5, 5.41) is 8.89. The van der Waals surface area contributed by atoms with Crippen LogP contribution in [0.15, 0.2) is 22.5 Å². The normalized spacial score (nSPS) is 22.0. The summed E-state index contributed by atoms with van der Waals surface area (Å²) in [6.45, 7) is 9.35. The molecule has 5 nitrogen and oxygen atoms in total. The monoisotopic (exact) mass is 466 g/mol. The van der Waals surface area contributed by atoms with Crippen LogP contribution in [0.2, 0.25) is 0 Å². The third-order valence-corrected chi connectivity index (χ3v) is 4.84. The largest absolute Gasteiger partial charge is 0.373 e. The Bertz CT molecular complexity index is 459. The zero-order valence-electron chi connectivity index (χ0n) is 15.0. The molecule has 2 unspecified atom stereocenters. The maximum absolute atomic E-state index is 5.77. The Hall–Kier alpha value is -0.380. The number of aliphatic imine (C=N–C) groups is 1. The van der Waals surface area contributed by atoms with Crippen molar-refractivity contribution in [3.05, 3.63) is 22.4 Å². The summed E-state index contributed by atoms with van der Waals surface area (Å²) < 4.78 is 5.77. The van der Waals surface area contributed by atoms with E-state index in [1.54, 1.807) is 11.3 Å². The second-order valence-electron chi connectivity index (χ2n) is 6.13. The Labute approximate surface area is 167 Å². The third kappa shape index (κ3) is 8.13. The molecule has 24 heavy (non-hydrogen) atoms. The molecule has 1 aliphatic rings. The number of hydrogen-bond acceptors (Lipinski definition) is 4. The fourth-order valence-electron chi connectivity index (χ4n) is 2.96. The lowest BCUT2D eigenvalue weighted by Gasteiger charge is -2.35. The Morgan fingerprint density at radius 2 is 2.00 bits per heavy atom. The molecule has 0 radical (unpaired) electrons. The van der Waals surface area contributed by atoms with E-state index in [2.05, 4.69) is 51.9 Å². The van der Waals surface area contributed by atoms with Crippen LogP contribution in [-0.2, 0) is 11.2 Å². The van der Waals surface area contributed by atoms with Gasteiger partial charge in [-0.2, -0.15) is 0 Å². The minimum atomic E-state index is 0. The lowest BCUT2D eigenvalue weighted by Crippen LogP contribution is -2.46. The molecule has 1 saturated heterocycles. The minimum Gasteiger partial charge on any atom is -0.373 e. The fraction of sp³-hybridized carbons (Fsp3) is 0.706. The molecule has 1 aromatic heterocycles. The van der Waals surface area contributed by atoms with Gasteiger partial charge in [-0.1, -0.05) is 6.07 Å². The van der Waals surface area contributed by atoms with Crippen LogP contribution in [0.1, 0.15) is 25.1 Å². The van der Waals surface area contributed by atoms with E-state index in [0.29, 0.717) is 12.2 Å². The summed E-state index contributed by atoms with van der Waals surface area (Å²) in [5.41, 5.74) is 0.